The Labute approximate surface area is 84.6 Å². The third-order valence-corrected chi connectivity index (χ3v) is 1.83. The number of benzene rings is 1. The van der Waals surface area contributed by atoms with Crippen LogP contribution in [-0.2, 0) is 6.42 Å². The Bertz CT molecular complexity index is 379. The molecular formula is C10H7BrFN. The smallest absolute Gasteiger partial charge is 0.141 e. The van der Waals surface area contributed by atoms with Crippen molar-refractivity contribution in [2.75, 3.05) is 0 Å². The zero-order chi connectivity index (χ0) is 9.84. The number of hydrogen-bond acceptors (Lipinski definition) is 1. The van der Waals surface area contributed by atoms with Crippen LogP contribution in [0.2, 0.25) is 0 Å². The lowest BCUT2D eigenvalue weighted by Gasteiger charge is -1.99. The molecular weight excluding hydrogens is 233 g/mol. The molecule has 0 bridgehead atoms. The predicted octanol–water partition coefficient (Wildman–Crippen LogP) is 3.15. The average Bonchev–Trinajstić information content (AvgIpc) is 2.03. The molecule has 0 radical (unpaired) electrons. The van der Waals surface area contributed by atoms with Crippen molar-refractivity contribution in [3.63, 3.8) is 0 Å². The standard InChI is InChI=1S/C10H7BrFN/c1-7(11)4-8-2-3-9(6-13)10(12)5-8/h2-3,5H,1,4H2. The quantitative estimate of drug-likeness (QED) is 0.778. The van der Waals surface area contributed by atoms with Crippen LogP contribution in [0.5, 0.6) is 0 Å². The van der Waals surface area contributed by atoms with E-state index in [1.165, 1.54) is 12.1 Å². The molecule has 1 aromatic rings. The molecule has 0 aliphatic carbocycles. The van der Waals surface area contributed by atoms with Gasteiger partial charge in [0.25, 0.3) is 0 Å². The van der Waals surface area contributed by atoms with E-state index in [0.29, 0.717) is 6.42 Å². The minimum absolute atomic E-state index is 0.0731. The first-order valence-electron chi connectivity index (χ1n) is 3.65. The van der Waals surface area contributed by atoms with Crippen LogP contribution in [0.3, 0.4) is 0 Å². The summed E-state index contributed by atoms with van der Waals surface area (Å²) < 4.78 is 13.8. The van der Waals surface area contributed by atoms with Gasteiger partial charge in [-0.25, -0.2) is 4.39 Å². The highest BCUT2D eigenvalue weighted by molar-refractivity contribution is 9.11. The Morgan fingerprint density at radius 1 is 1.62 bits per heavy atom. The lowest BCUT2D eigenvalue weighted by Crippen LogP contribution is -1.89. The summed E-state index contributed by atoms with van der Waals surface area (Å²) in [5.41, 5.74) is 0.877. The van der Waals surface area contributed by atoms with Crippen LogP contribution < -0.4 is 0 Å². The first-order chi connectivity index (χ1) is 6.13. The highest BCUT2D eigenvalue weighted by Gasteiger charge is 2.02. The van der Waals surface area contributed by atoms with Crippen molar-refractivity contribution in [1.29, 1.82) is 5.26 Å². The Hall–Kier alpha value is -1.14. The normalized spacial score (nSPS) is 9.31. The van der Waals surface area contributed by atoms with E-state index >= 15 is 0 Å². The van der Waals surface area contributed by atoms with E-state index in [9.17, 15) is 4.39 Å². The number of halogens is 2. The molecule has 0 heterocycles. The van der Waals surface area contributed by atoms with E-state index in [0.717, 1.165) is 10.0 Å². The highest BCUT2D eigenvalue weighted by Crippen LogP contribution is 2.14. The van der Waals surface area contributed by atoms with Crippen molar-refractivity contribution in [3.8, 4) is 6.07 Å². The monoisotopic (exact) mass is 239 g/mol. The SMILES string of the molecule is C=C(Br)Cc1ccc(C#N)c(F)c1. The van der Waals surface area contributed by atoms with E-state index in [2.05, 4.69) is 22.5 Å². The zero-order valence-electron chi connectivity index (χ0n) is 6.85. The summed E-state index contributed by atoms with van der Waals surface area (Å²) in [5, 5.41) is 8.47. The number of nitrogens with zero attached hydrogens (tertiary/aromatic N) is 1. The molecule has 66 valence electrons. The maximum absolute atomic E-state index is 13.0. The molecule has 1 aromatic carbocycles. The molecule has 1 rings (SSSR count). The third-order valence-electron chi connectivity index (χ3n) is 1.55. The van der Waals surface area contributed by atoms with Gasteiger partial charge in [-0.2, -0.15) is 5.26 Å². The molecule has 0 aliphatic heterocycles. The number of nitriles is 1. The lowest BCUT2D eigenvalue weighted by atomic mass is 10.1. The van der Waals surface area contributed by atoms with Gasteiger partial charge in [-0.1, -0.05) is 28.6 Å². The van der Waals surface area contributed by atoms with Crippen molar-refractivity contribution in [2.45, 2.75) is 6.42 Å². The van der Waals surface area contributed by atoms with Crippen molar-refractivity contribution < 1.29 is 4.39 Å². The zero-order valence-corrected chi connectivity index (χ0v) is 8.44. The summed E-state index contributed by atoms with van der Waals surface area (Å²) in [5.74, 6) is -0.478. The number of hydrogen-bond donors (Lipinski definition) is 0. The molecule has 0 saturated carbocycles. The summed E-state index contributed by atoms with van der Waals surface area (Å²) in [6.07, 6.45) is 0.572. The second-order valence-electron chi connectivity index (χ2n) is 2.62. The Morgan fingerprint density at radius 3 is 2.77 bits per heavy atom. The van der Waals surface area contributed by atoms with Gasteiger partial charge in [-0.15, -0.1) is 0 Å². The van der Waals surface area contributed by atoms with Crippen molar-refractivity contribution in [2.24, 2.45) is 0 Å². The van der Waals surface area contributed by atoms with Crippen molar-refractivity contribution >= 4 is 15.9 Å². The molecule has 13 heavy (non-hydrogen) atoms. The fourth-order valence-corrected chi connectivity index (χ4v) is 1.30. The minimum atomic E-state index is -0.478. The van der Waals surface area contributed by atoms with Gasteiger partial charge in [0.1, 0.15) is 11.9 Å². The van der Waals surface area contributed by atoms with Gasteiger partial charge in [0.2, 0.25) is 0 Å². The first kappa shape index (κ1) is 9.94. The van der Waals surface area contributed by atoms with E-state index in [4.69, 9.17) is 5.26 Å². The van der Waals surface area contributed by atoms with Crippen LogP contribution in [0, 0.1) is 17.1 Å². The Kier molecular flexibility index (Phi) is 3.21. The van der Waals surface area contributed by atoms with Crippen LogP contribution in [-0.4, -0.2) is 0 Å². The molecule has 3 heteroatoms. The van der Waals surface area contributed by atoms with Gasteiger partial charge in [-0.05, 0) is 22.2 Å². The molecule has 0 saturated heterocycles. The van der Waals surface area contributed by atoms with Crippen molar-refractivity contribution in [3.05, 3.63) is 46.2 Å². The summed E-state index contributed by atoms with van der Waals surface area (Å²) >= 11 is 3.19. The molecule has 1 nitrogen and oxygen atoms in total. The van der Waals surface area contributed by atoms with Crippen LogP contribution >= 0.6 is 15.9 Å². The maximum Gasteiger partial charge on any atom is 0.141 e. The molecule has 0 atom stereocenters. The lowest BCUT2D eigenvalue weighted by molar-refractivity contribution is 0.622. The maximum atomic E-state index is 13.0. The number of allylic oxidation sites excluding steroid dienone is 1. The molecule has 0 fully saturated rings. The summed E-state index contributed by atoms with van der Waals surface area (Å²) in [6, 6.07) is 6.31. The van der Waals surface area contributed by atoms with Gasteiger partial charge < -0.3 is 0 Å². The fraction of sp³-hybridized carbons (Fsp3) is 0.100. The topological polar surface area (TPSA) is 23.8 Å². The predicted molar refractivity (Wildman–Crippen MR) is 52.9 cm³/mol. The molecule has 0 spiro atoms. The summed E-state index contributed by atoms with van der Waals surface area (Å²) in [7, 11) is 0. The van der Waals surface area contributed by atoms with Crippen LogP contribution in [0.15, 0.2) is 29.3 Å². The van der Waals surface area contributed by atoms with E-state index in [1.807, 2.05) is 0 Å². The van der Waals surface area contributed by atoms with Gasteiger partial charge in [0.05, 0.1) is 5.56 Å². The highest BCUT2D eigenvalue weighted by atomic mass is 79.9. The van der Waals surface area contributed by atoms with E-state index < -0.39 is 5.82 Å². The molecule has 0 unspecified atom stereocenters. The van der Waals surface area contributed by atoms with Gasteiger partial charge >= 0.3 is 0 Å². The largest absolute Gasteiger partial charge is 0.206 e. The molecule has 0 aromatic heterocycles. The molecule has 0 aliphatic rings. The van der Waals surface area contributed by atoms with E-state index in [1.54, 1.807) is 12.1 Å². The average molecular weight is 240 g/mol. The van der Waals surface area contributed by atoms with Crippen molar-refractivity contribution in [1.82, 2.24) is 0 Å². The van der Waals surface area contributed by atoms with Gasteiger partial charge in [-0.3, -0.25) is 0 Å². The van der Waals surface area contributed by atoms with Gasteiger partial charge in [0.15, 0.2) is 0 Å². The summed E-state index contributed by atoms with van der Waals surface area (Å²) in [6.45, 7) is 3.65. The Morgan fingerprint density at radius 2 is 2.31 bits per heavy atom. The van der Waals surface area contributed by atoms with Crippen LogP contribution in [0.1, 0.15) is 11.1 Å². The molecule has 0 amide bonds. The van der Waals surface area contributed by atoms with Crippen LogP contribution in [0.4, 0.5) is 4.39 Å². The number of rotatable bonds is 2. The summed E-state index contributed by atoms with van der Waals surface area (Å²) in [4.78, 5) is 0. The molecule has 0 N–H and O–H groups in total. The fourth-order valence-electron chi connectivity index (χ4n) is 0.981. The third kappa shape index (κ3) is 2.67. The second kappa shape index (κ2) is 4.20. The second-order valence-corrected chi connectivity index (χ2v) is 3.74. The first-order valence-corrected chi connectivity index (χ1v) is 4.44. The van der Waals surface area contributed by atoms with Gasteiger partial charge in [0, 0.05) is 6.42 Å². The minimum Gasteiger partial charge on any atom is -0.206 e. The Balaban J connectivity index is 2.97. The van der Waals surface area contributed by atoms with Crippen LogP contribution in [0.25, 0.3) is 0 Å². The van der Waals surface area contributed by atoms with E-state index in [-0.39, 0.29) is 5.56 Å².